The van der Waals surface area contributed by atoms with E-state index in [1.54, 1.807) is 36.4 Å². The van der Waals surface area contributed by atoms with E-state index in [0.717, 1.165) is 0 Å². The van der Waals surface area contributed by atoms with Crippen LogP contribution in [0.2, 0.25) is 0 Å². The molecule has 3 aromatic heterocycles. The predicted molar refractivity (Wildman–Crippen MR) is 73.7 cm³/mol. The zero-order valence-electron chi connectivity index (χ0n) is 9.12. The Morgan fingerprint density at radius 3 is 1.22 bits per heavy atom. The van der Waals surface area contributed by atoms with Crippen molar-refractivity contribution in [3.8, 4) is 0 Å². The summed E-state index contributed by atoms with van der Waals surface area (Å²) in [6, 6.07) is 10.4. The molecule has 0 N–H and O–H groups in total. The van der Waals surface area contributed by atoms with E-state index in [4.69, 9.17) is 35.7 Å². The van der Waals surface area contributed by atoms with Crippen molar-refractivity contribution in [3.63, 3.8) is 0 Å². The summed E-state index contributed by atoms with van der Waals surface area (Å²) < 4.78 is 16.3. The molecule has 0 bridgehead atoms. The van der Waals surface area contributed by atoms with Crippen LogP contribution >= 0.6 is 27.8 Å². The van der Waals surface area contributed by atoms with Crippen molar-refractivity contribution in [3.05, 3.63) is 55.2 Å². The van der Waals surface area contributed by atoms with Crippen LogP contribution in [0, 0.1) is 0 Å². The molecule has 3 aromatic rings. The molecule has 0 unspecified atom stereocenters. The number of halogens is 2. The maximum absolute atomic E-state index is 6.81. The third kappa shape index (κ3) is 1.48. The summed E-state index contributed by atoms with van der Waals surface area (Å²) in [5.74, 6) is 0. The second-order valence-electron chi connectivity index (χ2n) is 3.76. The second kappa shape index (κ2) is 3.92. The van der Waals surface area contributed by atoms with E-state index in [1.165, 1.54) is 18.8 Å². The SMILES string of the molecule is ClP(Cl)(c1ccco1)(c1ccco1)c1ccco1. The second-order valence-corrected chi connectivity index (χ2v) is 11.5. The van der Waals surface area contributed by atoms with Gasteiger partial charge >= 0.3 is 113 Å². The van der Waals surface area contributed by atoms with E-state index in [1.807, 2.05) is 0 Å². The third-order valence-electron chi connectivity index (χ3n) is 2.68. The number of rotatable bonds is 3. The van der Waals surface area contributed by atoms with Crippen LogP contribution in [0.4, 0.5) is 0 Å². The molecular weight excluding hydrogens is 294 g/mol. The van der Waals surface area contributed by atoms with Gasteiger partial charge in [0.1, 0.15) is 0 Å². The number of hydrogen-bond donors (Lipinski definition) is 0. The maximum atomic E-state index is 6.81. The average molecular weight is 303 g/mol. The van der Waals surface area contributed by atoms with E-state index in [-0.39, 0.29) is 0 Å². The van der Waals surface area contributed by atoms with Crippen LogP contribution in [0.1, 0.15) is 0 Å². The summed E-state index contributed by atoms with van der Waals surface area (Å²) in [7, 11) is 0. The Labute approximate surface area is 113 Å². The Hall–Kier alpha value is -1.15. The van der Waals surface area contributed by atoms with Gasteiger partial charge in [-0.25, -0.2) is 0 Å². The number of furan rings is 3. The molecule has 6 heteroatoms. The molecule has 0 saturated heterocycles. The van der Waals surface area contributed by atoms with E-state index < -0.39 is 5.31 Å². The molecule has 3 rings (SSSR count). The van der Waals surface area contributed by atoms with Gasteiger partial charge in [0, 0.05) is 0 Å². The Balaban J connectivity index is 2.34. The average Bonchev–Trinajstić information content (AvgIpc) is 3.13. The van der Waals surface area contributed by atoms with Crippen LogP contribution in [0.25, 0.3) is 0 Å². The fourth-order valence-electron chi connectivity index (χ4n) is 1.81. The molecule has 0 aliphatic carbocycles. The Morgan fingerprint density at radius 2 is 1.00 bits per heavy atom. The quantitative estimate of drug-likeness (QED) is 0.694. The minimum atomic E-state index is -3.77. The first-order valence-electron chi connectivity index (χ1n) is 5.19. The monoisotopic (exact) mass is 302 g/mol. The predicted octanol–water partition coefficient (Wildman–Crippen LogP) is 3.60. The van der Waals surface area contributed by atoms with Crippen LogP contribution in [-0.2, 0) is 0 Å². The fraction of sp³-hybridized carbons (Fsp3) is 0. The van der Waals surface area contributed by atoms with E-state index in [2.05, 4.69) is 0 Å². The van der Waals surface area contributed by atoms with E-state index in [0.29, 0.717) is 16.5 Å². The zero-order valence-corrected chi connectivity index (χ0v) is 11.5. The first-order valence-corrected chi connectivity index (χ1v) is 9.24. The van der Waals surface area contributed by atoms with Gasteiger partial charge in [0.05, 0.1) is 0 Å². The molecule has 0 aliphatic rings. The zero-order chi connectivity index (χ0) is 12.7. The van der Waals surface area contributed by atoms with Crippen molar-refractivity contribution in [1.82, 2.24) is 0 Å². The van der Waals surface area contributed by atoms with Gasteiger partial charge in [0.2, 0.25) is 0 Å². The van der Waals surface area contributed by atoms with Crippen molar-refractivity contribution >= 4 is 44.3 Å². The molecule has 3 nitrogen and oxygen atoms in total. The van der Waals surface area contributed by atoms with Crippen molar-refractivity contribution in [2.45, 2.75) is 0 Å². The van der Waals surface area contributed by atoms with Gasteiger partial charge in [0.15, 0.2) is 0 Å². The summed E-state index contributed by atoms with van der Waals surface area (Å²) in [5.41, 5.74) is 1.32. The van der Waals surface area contributed by atoms with Gasteiger partial charge in [-0.3, -0.25) is 0 Å². The molecule has 3 heterocycles. The first-order chi connectivity index (χ1) is 8.62. The van der Waals surface area contributed by atoms with Gasteiger partial charge in [-0.05, 0) is 0 Å². The van der Waals surface area contributed by atoms with Crippen LogP contribution in [0.3, 0.4) is 0 Å². The summed E-state index contributed by atoms with van der Waals surface area (Å²) >= 11 is 13.6. The summed E-state index contributed by atoms with van der Waals surface area (Å²) in [6.45, 7) is 0. The van der Waals surface area contributed by atoms with Crippen LogP contribution < -0.4 is 16.5 Å². The van der Waals surface area contributed by atoms with Crippen molar-refractivity contribution in [2.75, 3.05) is 0 Å². The van der Waals surface area contributed by atoms with Crippen LogP contribution in [-0.4, -0.2) is 0 Å². The van der Waals surface area contributed by atoms with E-state index >= 15 is 0 Å². The summed E-state index contributed by atoms with van der Waals surface area (Å²) in [6.07, 6.45) is 4.56. The van der Waals surface area contributed by atoms with Crippen molar-refractivity contribution in [2.24, 2.45) is 0 Å². The van der Waals surface area contributed by atoms with E-state index in [9.17, 15) is 0 Å². The molecule has 0 spiro atoms. The van der Waals surface area contributed by atoms with Crippen LogP contribution in [0.15, 0.2) is 68.4 Å². The minimum absolute atomic E-state index is 0.439. The van der Waals surface area contributed by atoms with Gasteiger partial charge in [-0.15, -0.1) is 0 Å². The molecule has 0 saturated carbocycles. The van der Waals surface area contributed by atoms with Crippen molar-refractivity contribution < 1.29 is 13.3 Å². The molecule has 0 atom stereocenters. The normalized spacial score (nSPS) is 14.2. The van der Waals surface area contributed by atoms with Gasteiger partial charge in [-0.1, -0.05) is 0 Å². The standard InChI is InChI=1S/C12H9Cl2O3P/c13-18(14,10-4-1-7-15-10,11-5-2-8-16-11)12-6-3-9-17-12/h1-9H. The van der Waals surface area contributed by atoms with Crippen molar-refractivity contribution in [1.29, 1.82) is 0 Å². The topological polar surface area (TPSA) is 39.4 Å². The first kappa shape index (κ1) is 11.9. The molecule has 0 radical (unpaired) electrons. The summed E-state index contributed by atoms with van der Waals surface area (Å²) in [5, 5.41) is -3.77. The molecule has 0 aromatic carbocycles. The van der Waals surface area contributed by atoms with Gasteiger partial charge in [0.25, 0.3) is 0 Å². The molecule has 18 heavy (non-hydrogen) atoms. The molecular formula is C12H9Cl2O3P. The third-order valence-corrected chi connectivity index (χ3v) is 8.76. The molecule has 0 amide bonds. The van der Waals surface area contributed by atoms with Gasteiger partial charge in [-0.2, -0.15) is 0 Å². The van der Waals surface area contributed by atoms with Gasteiger partial charge < -0.3 is 0 Å². The Bertz CT molecular complexity index is 536. The molecule has 0 aliphatic heterocycles. The van der Waals surface area contributed by atoms with Crippen LogP contribution in [0.5, 0.6) is 0 Å². The number of hydrogen-bond acceptors (Lipinski definition) is 3. The Morgan fingerprint density at radius 1 is 0.667 bits per heavy atom. The summed E-state index contributed by atoms with van der Waals surface area (Å²) in [4.78, 5) is 0. The molecule has 94 valence electrons. The molecule has 0 fully saturated rings. The Kier molecular flexibility index (Phi) is 2.60. The fourth-order valence-corrected chi connectivity index (χ4v) is 5.97.